The Kier molecular flexibility index (Phi) is 4.13. The van der Waals surface area contributed by atoms with Gasteiger partial charge in [-0.3, -0.25) is 4.79 Å². The van der Waals surface area contributed by atoms with Crippen molar-refractivity contribution in [1.82, 2.24) is 0 Å². The Morgan fingerprint density at radius 3 is 2.53 bits per heavy atom. The highest BCUT2D eigenvalue weighted by molar-refractivity contribution is 9.10. The van der Waals surface area contributed by atoms with Gasteiger partial charge in [-0.2, -0.15) is 0 Å². The largest absolute Gasteiger partial charge is 0.398 e. The van der Waals surface area contributed by atoms with E-state index >= 15 is 0 Å². The first-order valence-electron chi connectivity index (χ1n) is 5.14. The van der Waals surface area contributed by atoms with E-state index in [9.17, 15) is 9.18 Å². The number of nitrogen functional groups attached to an aromatic ring is 1. The molecule has 98 valence electrons. The Morgan fingerprint density at radius 2 is 1.84 bits per heavy atom. The molecule has 0 fully saturated rings. The lowest BCUT2D eigenvalue weighted by molar-refractivity contribution is 0.103. The van der Waals surface area contributed by atoms with E-state index in [0.717, 1.165) is 6.07 Å². The summed E-state index contributed by atoms with van der Waals surface area (Å²) in [4.78, 5) is 12.3. The van der Waals surface area contributed by atoms with Gasteiger partial charge in [0, 0.05) is 20.7 Å². The van der Waals surface area contributed by atoms with E-state index in [-0.39, 0.29) is 21.8 Å². The number of nitrogens with two attached hydrogens (primary N) is 1. The zero-order valence-corrected chi connectivity index (χ0v) is 12.5. The summed E-state index contributed by atoms with van der Waals surface area (Å²) < 4.78 is 14.2. The zero-order valence-electron chi connectivity index (χ0n) is 9.38. The first kappa shape index (κ1) is 14.3. The molecule has 0 saturated heterocycles. The second kappa shape index (κ2) is 5.49. The fraction of sp³-hybridized carbons (Fsp3) is 0. The summed E-state index contributed by atoms with van der Waals surface area (Å²) in [5, 5.41) is 0.589. The van der Waals surface area contributed by atoms with Gasteiger partial charge in [-0.25, -0.2) is 4.39 Å². The predicted molar refractivity (Wildman–Crippen MR) is 78.4 cm³/mol. The number of rotatable bonds is 2. The van der Waals surface area contributed by atoms with E-state index in [2.05, 4.69) is 15.9 Å². The first-order chi connectivity index (χ1) is 8.90. The van der Waals surface area contributed by atoms with Crippen molar-refractivity contribution in [2.45, 2.75) is 0 Å². The Balaban J connectivity index is 2.56. The van der Waals surface area contributed by atoms with Crippen LogP contribution in [0.1, 0.15) is 15.9 Å². The van der Waals surface area contributed by atoms with Gasteiger partial charge in [-0.15, -0.1) is 0 Å². The van der Waals surface area contributed by atoms with Crippen molar-refractivity contribution in [2.24, 2.45) is 0 Å². The Labute approximate surface area is 127 Å². The summed E-state index contributed by atoms with van der Waals surface area (Å²) in [6, 6.07) is 6.83. The fourth-order valence-electron chi connectivity index (χ4n) is 1.57. The van der Waals surface area contributed by atoms with E-state index in [0.29, 0.717) is 9.50 Å². The molecule has 0 radical (unpaired) electrons. The van der Waals surface area contributed by atoms with Crippen LogP contribution in [0.2, 0.25) is 10.0 Å². The van der Waals surface area contributed by atoms with Crippen molar-refractivity contribution in [1.29, 1.82) is 0 Å². The van der Waals surface area contributed by atoms with Gasteiger partial charge >= 0.3 is 0 Å². The van der Waals surface area contributed by atoms with Crippen LogP contribution in [0.3, 0.4) is 0 Å². The zero-order chi connectivity index (χ0) is 14.2. The number of halogens is 4. The number of carbonyl (C=O) groups is 1. The third-order valence-electron chi connectivity index (χ3n) is 2.51. The van der Waals surface area contributed by atoms with E-state index in [4.69, 9.17) is 28.9 Å². The highest BCUT2D eigenvalue weighted by atomic mass is 79.9. The Morgan fingerprint density at radius 1 is 1.16 bits per heavy atom. The average Bonchev–Trinajstić information content (AvgIpc) is 2.36. The molecule has 2 N–H and O–H groups in total. The van der Waals surface area contributed by atoms with Gasteiger partial charge in [0.15, 0.2) is 5.78 Å². The van der Waals surface area contributed by atoms with Crippen LogP contribution in [0, 0.1) is 5.82 Å². The maximum Gasteiger partial charge on any atom is 0.198 e. The summed E-state index contributed by atoms with van der Waals surface area (Å²) >= 11 is 14.8. The standard InChI is InChI=1S/C13H7BrCl2FNO/c14-9-5-11(17)7(4-10(9)16)13(19)8-3-6(15)1-2-12(8)18/h1-5H,18H2. The second-order valence-corrected chi connectivity index (χ2v) is 5.50. The summed E-state index contributed by atoms with van der Waals surface area (Å²) in [5.74, 6) is -1.24. The number of benzene rings is 2. The summed E-state index contributed by atoms with van der Waals surface area (Å²) in [7, 11) is 0. The Bertz CT molecular complexity index is 676. The lowest BCUT2D eigenvalue weighted by Gasteiger charge is -2.08. The minimum atomic E-state index is -0.680. The summed E-state index contributed by atoms with van der Waals surface area (Å²) in [6.45, 7) is 0. The summed E-state index contributed by atoms with van der Waals surface area (Å²) in [6.07, 6.45) is 0. The third kappa shape index (κ3) is 2.91. The smallest absolute Gasteiger partial charge is 0.198 e. The van der Waals surface area contributed by atoms with E-state index in [1.165, 1.54) is 18.2 Å². The molecule has 0 amide bonds. The molecule has 0 aliphatic carbocycles. The van der Waals surface area contributed by atoms with Gasteiger partial charge < -0.3 is 5.73 Å². The number of hydrogen-bond acceptors (Lipinski definition) is 2. The van der Waals surface area contributed by atoms with Crippen LogP contribution in [0.4, 0.5) is 10.1 Å². The van der Waals surface area contributed by atoms with Crippen molar-refractivity contribution in [3.63, 3.8) is 0 Å². The number of ketones is 1. The van der Waals surface area contributed by atoms with Crippen molar-refractivity contribution >= 4 is 50.6 Å². The summed E-state index contributed by atoms with van der Waals surface area (Å²) in [5.41, 5.74) is 5.92. The number of hydrogen-bond donors (Lipinski definition) is 1. The van der Waals surface area contributed by atoms with Gasteiger partial charge in [0.05, 0.1) is 10.6 Å². The molecule has 19 heavy (non-hydrogen) atoms. The van der Waals surface area contributed by atoms with Gasteiger partial charge in [0.2, 0.25) is 0 Å². The van der Waals surface area contributed by atoms with Gasteiger partial charge in [-0.05, 0) is 46.3 Å². The average molecular weight is 363 g/mol. The van der Waals surface area contributed by atoms with E-state index in [1.807, 2.05) is 0 Å². The molecule has 0 aromatic heterocycles. The molecule has 0 bridgehead atoms. The maximum atomic E-state index is 13.8. The molecule has 2 nitrogen and oxygen atoms in total. The van der Waals surface area contributed by atoms with E-state index < -0.39 is 11.6 Å². The van der Waals surface area contributed by atoms with Gasteiger partial charge in [-0.1, -0.05) is 23.2 Å². The van der Waals surface area contributed by atoms with Crippen molar-refractivity contribution in [3.8, 4) is 0 Å². The number of anilines is 1. The number of carbonyl (C=O) groups excluding carboxylic acids is 1. The SMILES string of the molecule is Nc1ccc(Cl)cc1C(=O)c1cc(Cl)c(Br)cc1F. The van der Waals surface area contributed by atoms with Gasteiger partial charge in [0.25, 0.3) is 0 Å². The molecule has 0 heterocycles. The molecular formula is C13H7BrCl2FNO. The highest BCUT2D eigenvalue weighted by Gasteiger charge is 2.18. The van der Waals surface area contributed by atoms with Crippen LogP contribution in [-0.4, -0.2) is 5.78 Å². The fourth-order valence-corrected chi connectivity index (χ4v) is 2.22. The van der Waals surface area contributed by atoms with Crippen molar-refractivity contribution in [2.75, 3.05) is 5.73 Å². The molecule has 0 aliphatic heterocycles. The van der Waals surface area contributed by atoms with Crippen LogP contribution in [-0.2, 0) is 0 Å². The predicted octanol–water partition coefficient (Wildman–Crippen LogP) is 4.71. The van der Waals surface area contributed by atoms with Gasteiger partial charge in [0.1, 0.15) is 5.82 Å². The molecule has 0 spiro atoms. The van der Waals surface area contributed by atoms with E-state index in [1.54, 1.807) is 6.07 Å². The van der Waals surface area contributed by atoms with Crippen molar-refractivity contribution in [3.05, 3.63) is 61.8 Å². The normalized spacial score (nSPS) is 10.5. The molecule has 0 unspecified atom stereocenters. The van der Waals surface area contributed by atoms with Crippen LogP contribution in [0.15, 0.2) is 34.8 Å². The van der Waals surface area contributed by atoms with Crippen LogP contribution in [0.25, 0.3) is 0 Å². The molecule has 6 heteroatoms. The first-order valence-corrected chi connectivity index (χ1v) is 6.69. The highest BCUT2D eigenvalue weighted by Crippen LogP contribution is 2.28. The molecule has 0 saturated carbocycles. The van der Waals surface area contributed by atoms with Crippen LogP contribution in [0.5, 0.6) is 0 Å². The van der Waals surface area contributed by atoms with Crippen molar-refractivity contribution < 1.29 is 9.18 Å². The van der Waals surface area contributed by atoms with Crippen LogP contribution >= 0.6 is 39.1 Å². The third-order valence-corrected chi connectivity index (χ3v) is 3.95. The maximum absolute atomic E-state index is 13.8. The quantitative estimate of drug-likeness (QED) is 0.477. The molecule has 2 aromatic rings. The topological polar surface area (TPSA) is 43.1 Å². The lowest BCUT2D eigenvalue weighted by atomic mass is 10.0. The van der Waals surface area contributed by atoms with Crippen LogP contribution < -0.4 is 5.73 Å². The lowest BCUT2D eigenvalue weighted by Crippen LogP contribution is -2.07. The molecular weight excluding hydrogens is 356 g/mol. The Hall–Kier alpha value is -1.10. The monoisotopic (exact) mass is 361 g/mol. The minimum Gasteiger partial charge on any atom is -0.398 e. The second-order valence-electron chi connectivity index (χ2n) is 3.81. The minimum absolute atomic E-state index is 0.143. The molecule has 2 rings (SSSR count). The molecule has 0 atom stereocenters. The molecule has 0 aliphatic rings. The molecule has 2 aromatic carbocycles.